The highest BCUT2D eigenvalue weighted by Crippen LogP contribution is 2.41. The number of likely N-dealkylation sites (tertiary alicyclic amines) is 2. The van der Waals surface area contributed by atoms with Gasteiger partial charge in [0.2, 0.25) is 0 Å². The fourth-order valence-electron chi connectivity index (χ4n) is 6.63. The van der Waals surface area contributed by atoms with Crippen LogP contribution in [0.3, 0.4) is 0 Å². The predicted molar refractivity (Wildman–Crippen MR) is 166 cm³/mol. The molecule has 2 fully saturated rings. The molecule has 0 bridgehead atoms. The number of hydrogen-bond donors (Lipinski definition) is 0. The lowest BCUT2D eigenvalue weighted by Crippen LogP contribution is -2.23. The molecule has 6 rings (SSSR count). The lowest BCUT2D eigenvalue weighted by atomic mass is 9.94. The zero-order valence-corrected chi connectivity index (χ0v) is 24.7. The van der Waals surface area contributed by atoms with E-state index in [9.17, 15) is 0 Å². The summed E-state index contributed by atoms with van der Waals surface area (Å²) >= 11 is 1.90. The number of methoxy groups -OCH3 is 1. The van der Waals surface area contributed by atoms with Gasteiger partial charge in [0.25, 0.3) is 0 Å². The molecular weight excluding hydrogens is 496 g/mol. The first kappa shape index (κ1) is 26.6. The van der Waals surface area contributed by atoms with E-state index in [1.165, 1.54) is 107 Å². The molecule has 0 spiro atoms. The molecule has 1 aromatic heterocycles. The summed E-state index contributed by atoms with van der Waals surface area (Å²) in [5, 5.41) is 1.35. The van der Waals surface area contributed by atoms with Crippen molar-refractivity contribution in [2.24, 2.45) is 0 Å². The molecule has 3 nitrogen and oxygen atoms in total. The average Bonchev–Trinajstić information content (AvgIpc) is 3.74. The maximum atomic E-state index is 5.57. The minimum absolute atomic E-state index is 0.496. The molecule has 0 N–H and O–H groups in total. The molecule has 2 aliphatic rings. The van der Waals surface area contributed by atoms with Gasteiger partial charge in [0, 0.05) is 22.2 Å². The van der Waals surface area contributed by atoms with Crippen LogP contribution in [0.2, 0.25) is 0 Å². The number of ether oxygens (including phenoxy) is 1. The normalized spacial score (nSPS) is 17.3. The lowest BCUT2D eigenvalue weighted by Gasteiger charge is -2.26. The molecule has 3 heterocycles. The molecule has 39 heavy (non-hydrogen) atoms. The summed E-state index contributed by atoms with van der Waals surface area (Å²) in [5.74, 6) is 0.926. The number of thiophene rings is 1. The third-order valence-corrected chi connectivity index (χ3v) is 10.2. The Hall–Kier alpha value is -2.66. The monoisotopic (exact) mass is 538 g/mol. The van der Waals surface area contributed by atoms with E-state index in [2.05, 4.69) is 84.3 Å². The lowest BCUT2D eigenvalue weighted by molar-refractivity contribution is 0.262. The summed E-state index contributed by atoms with van der Waals surface area (Å²) in [6.45, 7) is 10.8. The van der Waals surface area contributed by atoms with Gasteiger partial charge in [-0.1, -0.05) is 42.5 Å². The Labute approximate surface area is 238 Å². The first-order chi connectivity index (χ1) is 19.1. The van der Waals surface area contributed by atoms with Gasteiger partial charge in [-0.3, -0.25) is 4.90 Å². The van der Waals surface area contributed by atoms with Crippen molar-refractivity contribution in [3.8, 4) is 16.2 Å². The highest BCUT2D eigenvalue weighted by Gasteiger charge is 2.21. The molecule has 0 saturated carbocycles. The summed E-state index contributed by atoms with van der Waals surface area (Å²) in [6, 6.07) is 23.6. The Morgan fingerprint density at radius 2 is 1.56 bits per heavy atom. The summed E-state index contributed by atoms with van der Waals surface area (Å²) in [7, 11) is 1.75. The van der Waals surface area contributed by atoms with E-state index in [-0.39, 0.29) is 0 Å². The van der Waals surface area contributed by atoms with Gasteiger partial charge in [-0.25, -0.2) is 0 Å². The first-order valence-electron chi connectivity index (χ1n) is 14.8. The van der Waals surface area contributed by atoms with Gasteiger partial charge in [-0.05, 0) is 136 Å². The van der Waals surface area contributed by atoms with Gasteiger partial charge >= 0.3 is 0 Å². The molecule has 2 aliphatic heterocycles. The van der Waals surface area contributed by atoms with Crippen molar-refractivity contribution >= 4 is 21.4 Å². The van der Waals surface area contributed by atoms with E-state index >= 15 is 0 Å². The van der Waals surface area contributed by atoms with Crippen LogP contribution < -0.4 is 4.74 Å². The highest BCUT2D eigenvalue weighted by atomic mass is 32.1. The molecule has 2 saturated heterocycles. The van der Waals surface area contributed by atoms with E-state index in [1.54, 1.807) is 7.11 Å². The predicted octanol–water partition coefficient (Wildman–Crippen LogP) is 8.27. The molecule has 1 atom stereocenters. The number of fused-ring (bicyclic) bond motifs is 1. The van der Waals surface area contributed by atoms with Crippen molar-refractivity contribution in [3.05, 3.63) is 88.5 Å². The fraction of sp³-hybridized carbons (Fsp3) is 0.429. The molecule has 0 amide bonds. The van der Waals surface area contributed by atoms with E-state index < -0.39 is 0 Å². The Morgan fingerprint density at radius 1 is 0.846 bits per heavy atom. The van der Waals surface area contributed by atoms with E-state index in [0.29, 0.717) is 6.04 Å². The summed E-state index contributed by atoms with van der Waals surface area (Å²) in [5.41, 5.74) is 8.48. The van der Waals surface area contributed by atoms with Crippen molar-refractivity contribution in [1.82, 2.24) is 9.80 Å². The van der Waals surface area contributed by atoms with Gasteiger partial charge in [-0.2, -0.15) is 0 Å². The minimum Gasteiger partial charge on any atom is -0.497 e. The molecule has 4 heteroatoms. The van der Waals surface area contributed by atoms with Crippen LogP contribution in [0, 0.1) is 6.92 Å². The second kappa shape index (κ2) is 11.8. The second-order valence-electron chi connectivity index (χ2n) is 11.6. The van der Waals surface area contributed by atoms with Gasteiger partial charge < -0.3 is 9.64 Å². The summed E-state index contributed by atoms with van der Waals surface area (Å²) < 4.78 is 6.87. The highest BCUT2D eigenvalue weighted by molar-refractivity contribution is 7.22. The van der Waals surface area contributed by atoms with E-state index in [4.69, 9.17) is 4.74 Å². The van der Waals surface area contributed by atoms with Crippen LogP contribution in [-0.2, 0) is 12.8 Å². The third kappa shape index (κ3) is 5.79. The molecule has 204 valence electrons. The van der Waals surface area contributed by atoms with Crippen LogP contribution in [0.4, 0.5) is 0 Å². The van der Waals surface area contributed by atoms with Crippen LogP contribution >= 0.6 is 11.3 Å². The van der Waals surface area contributed by atoms with Gasteiger partial charge in [0.1, 0.15) is 5.75 Å². The van der Waals surface area contributed by atoms with Crippen molar-refractivity contribution in [1.29, 1.82) is 0 Å². The zero-order valence-electron chi connectivity index (χ0n) is 23.8. The van der Waals surface area contributed by atoms with Crippen LogP contribution in [0.5, 0.6) is 5.75 Å². The standard InChI is InChI=1S/C35H42N2OS/c1-25-22-28(10-14-31(25)26(2)37-19-6-7-20-37)23-33-32-15-13-30(38-3)24-34(32)39-35(33)29-11-8-27(9-12-29)16-21-36-17-4-5-18-36/h8-15,22,24,26H,4-7,16-21,23H2,1-3H3. The Bertz CT molecular complexity index is 1410. The number of hydrogen-bond acceptors (Lipinski definition) is 4. The van der Waals surface area contributed by atoms with Crippen LogP contribution in [0.15, 0.2) is 60.7 Å². The maximum Gasteiger partial charge on any atom is 0.120 e. The Kier molecular flexibility index (Phi) is 8.06. The van der Waals surface area contributed by atoms with Gasteiger partial charge in [-0.15, -0.1) is 11.3 Å². The van der Waals surface area contributed by atoms with Crippen molar-refractivity contribution in [2.75, 3.05) is 39.8 Å². The molecule has 0 aliphatic carbocycles. The molecule has 1 unspecified atom stereocenters. The molecule has 0 radical (unpaired) electrons. The van der Waals surface area contributed by atoms with Crippen molar-refractivity contribution in [3.63, 3.8) is 0 Å². The summed E-state index contributed by atoms with van der Waals surface area (Å²) in [6.07, 6.45) is 7.46. The first-order valence-corrected chi connectivity index (χ1v) is 15.7. The largest absolute Gasteiger partial charge is 0.497 e. The molecule has 4 aromatic rings. The SMILES string of the molecule is COc1ccc2c(Cc3ccc(C(C)N4CCCC4)c(C)c3)c(-c3ccc(CCN4CCCC4)cc3)sc2c1. The van der Waals surface area contributed by atoms with Crippen LogP contribution in [0.25, 0.3) is 20.5 Å². The minimum atomic E-state index is 0.496. The summed E-state index contributed by atoms with van der Waals surface area (Å²) in [4.78, 5) is 6.62. The fourth-order valence-corrected chi connectivity index (χ4v) is 7.88. The van der Waals surface area contributed by atoms with Gasteiger partial charge in [0.05, 0.1) is 7.11 Å². The van der Waals surface area contributed by atoms with Crippen LogP contribution in [0.1, 0.15) is 66.5 Å². The Balaban J connectivity index is 1.28. The number of nitrogens with zero attached hydrogens (tertiary/aromatic N) is 2. The second-order valence-corrected chi connectivity index (χ2v) is 12.6. The Morgan fingerprint density at radius 3 is 2.28 bits per heavy atom. The van der Waals surface area contributed by atoms with Crippen molar-refractivity contribution < 1.29 is 4.74 Å². The topological polar surface area (TPSA) is 15.7 Å². The molecular formula is C35H42N2OS. The van der Waals surface area contributed by atoms with Gasteiger partial charge in [0.15, 0.2) is 0 Å². The van der Waals surface area contributed by atoms with E-state index in [0.717, 1.165) is 18.6 Å². The maximum absolute atomic E-state index is 5.57. The van der Waals surface area contributed by atoms with Crippen LogP contribution in [-0.4, -0.2) is 49.6 Å². The number of aryl methyl sites for hydroxylation is 1. The zero-order chi connectivity index (χ0) is 26.8. The number of benzene rings is 3. The van der Waals surface area contributed by atoms with Crippen molar-refractivity contribution in [2.45, 2.75) is 58.4 Å². The average molecular weight is 539 g/mol. The number of rotatable bonds is 9. The van der Waals surface area contributed by atoms with E-state index in [1.807, 2.05) is 11.3 Å². The smallest absolute Gasteiger partial charge is 0.120 e. The third-order valence-electron chi connectivity index (χ3n) is 8.99. The quantitative estimate of drug-likeness (QED) is 0.213. The molecule has 3 aromatic carbocycles.